The fraction of sp³-hybridized carbons (Fsp3) is 0.308. The standard InChI is InChI=1S/C13H18N2/c1-3-4-5-6-13(14)15-12-9-7-11(2)8-10-12/h5-10H,3-4H2,1-2H3,(H2,14,15)/b6-5-. The average molecular weight is 202 g/mol. The van der Waals surface area contributed by atoms with Crippen LogP contribution in [-0.4, -0.2) is 5.84 Å². The number of amidine groups is 1. The molecule has 0 aliphatic carbocycles. The first kappa shape index (κ1) is 11.5. The molecule has 0 saturated heterocycles. The SMILES string of the molecule is CCC/C=C\C(N)=Nc1ccc(C)cc1. The van der Waals surface area contributed by atoms with Crippen molar-refractivity contribution in [3.8, 4) is 0 Å². The molecule has 0 aromatic heterocycles. The number of hydrogen-bond donors (Lipinski definition) is 1. The molecule has 0 heterocycles. The van der Waals surface area contributed by atoms with E-state index >= 15 is 0 Å². The van der Waals surface area contributed by atoms with Gasteiger partial charge in [-0.15, -0.1) is 0 Å². The number of nitrogens with two attached hydrogens (primary N) is 1. The van der Waals surface area contributed by atoms with Crippen molar-refractivity contribution in [2.24, 2.45) is 10.7 Å². The van der Waals surface area contributed by atoms with Gasteiger partial charge in [0.25, 0.3) is 0 Å². The van der Waals surface area contributed by atoms with Crippen LogP contribution in [0.5, 0.6) is 0 Å². The van der Waals surface area contributed by atoms with Crippen molar-refractivity contribution in [1.82, 2.24) is 0 Å². The summed E-state index contributed by atoms with van der Waals surface area (Å²) in [4.78, 5) is 4.28. The Morgan fingerprint density at radius 3 is 2.60 bits per heavy atom. The van der Waals surface area contributed by atoms with Crippen LogP contribution in [0.4, 0.5) is 5.69 Å². The lowest BCUT2D eigenvalue weighted by molar-refractivity contribution is 0.959. The van der Waals surface area contributed by atoms with Crippen molar-refractivity contribution in [1.29, 1.82) is 0 Å². The molecule has 1 aromatic rings. The Balaban J connectivity index is 2.66. The highest BCUT2D eigenvalue weighted by Gasteiger charge is 1.89. The molecular formula is C13H18N2. The maximum atomic E-state index is 5.75. The maximum Gasteiger partial charge on any atom is 0.123 e. The second kappa shape index (κ2) is 6.02. The molecule has 2 heteroatoms. The van der Waals surface area contributed by atoms with E-state index in [2.05, 4.69) is 18.8 Å². The van der Waals surface area contributed by atoms with Crippen LogP contribution in [0.25, 0.3) is 0 Å². The third kappa shape index (κ3) is 4.45. The summed E-state index contributed by atoms with van der Waals surface area (Å²) in [5, 5.41) is 0. The first-order chi connectivity index (χ1) is 7.22. The van der Waals surface area contributed by atoms with E-state index in [1.165, 1.54) is 5.56 Å². The summed E-state index contributed by atoms with van der Waals surface area (Å²) in [6, 6.07) is 8.00. The van der Waals surface area contributed by atoms with Crippen molar-refractivity contribution in [2.45, 2.75) is 26.7 Å². The second-order valence-corrected chi connectivity index (χ2v) is 3.56. The number of nitrogens with zero attached hydrogens (tertiary/aromatic N) is 1. The molecule has 0 atom stereocenters. The molecule has 1 aromatic carbocycles. The Bertz CT molecular complexity index is 347. The van der Waals surface area contributed by atoms with Crippen molar-refractivity contribution in [3.05, 3.63) is 42.0 Å². The average Bonchev–Trinajstić information content (AvgIpc) is 2.22. The van der Waals surface area contributed by atoms with Gasteiger partial charge in [0.2, 0.25) is 0 Å². The van der Waals surface area contributed by atoms with E-state index in [0.29, 0.717) is 5.84 Å². The van der Waals surface area contributed by atoms with Crippen LogP contribution in [0.1, 0.15) is 25.3 Å². The van der Waals surface area contributed by atoms with Crippen molar-refractivity contribution >= 4 is 11.5 Å². The molecule has 80 valence electrons. The summed E-state index contributed by atoms with van der Waals surface area (Å²) in [5.41, 5.74) is 7.88. The highest BCUT2D eigenvalue weighted by atomic mass is 14.8. The Kier molecular flexibility index (Phi) is 4.61. The minimum atomic E-state index is 0.562. The molecule has 0 bridgehead atoms. The first-order valence-electron chi connectivity index (χ1n) is 5.29. The Hall–Kier alpha value is -1.57. The predicted octanol–water partition coefficient (Wildman–Crippen LogP) is 3.34. The van der Waals surface area contributed by atoms with Gasteiger partial charge in [0.15, 0.2) is 0 Å². The van der Waals surface area contributed by atoms with Gasteiger partial charge in [0.1, 0.15) is 5.84 Å². The molecule has 15 heavy (non-hydrogen) atoms. The summed E-state index contributed by atoms with van der Waals surface area (Å²) >= 11 is 0. The fourth-order valence-corrected chi connectivity index (χ4v) is 1.18. The largest absolute Gasteiger partial charge is 0.384 e. The van der Waals surface area contributed by atoms with Crippen molar-refractivity contribution < 1.29 is 0 Å². The van der Waals surface area contributed by atoms with Crippen LogP contribution < -0.4 is 5.73 Å². The molecule has 1 rings (SSSR count). The van der Waals surface area contributed by atoms with Gasteiger partial charge in [-0.05, 0) is 31.6 Å². The molecule has 0 saturated carbocycles. The van der Waals surface area contributed by atoms with Crippen LogP contribution in [0, 0.1) is 6.92 Å². The summed E-state index contributed by atoms with van der Waals surface area (Å²) in [5.74, 6) is 0.562. The van der Waals surface area contributed by atoms with E-state index in [-0.39, 0.29) is 0 Å². The van der Waals surface area contributed by atoms with Crippen molar-refractivity contribution in [3.63, 3.8) is 0 Å². The first-order valence-corrected chi connectivity index (χ1v) is 5.29. The van der Waals surface area contributed by atoms with Gasteiger partial charge < -0.3 is 5.73 Å². The Morgan fingerprint density at radius 2 is 2.00 bits per heavy atom. The zero-order valence-corrected chi connectivity index (χ0v) is 9.40. The Labute approximate surface area is 91.5 Å². The lowest BCUT2D eigenvalue weighted by atomic mass is 10.2. The molecule has 0 aliphatic rings. The van der Waals surface area contributed by atoms with Crippen LogP contribution in [0.3, 0.4) is 0 Å². The smallest absolute Gasteiger partial charge is 0.123 e. The van der Waals surface area contributed by atoms with Gasteiger partial charge >= 0.3 is 0 Å². The third-order valence-electron chi connectivity index (χ3n) is 2.04. The van der Waals surface area contributed by atoms with E-state index in [4.69, 9.17) is 5.73 Å². The van der Waals surface area contributed by atoms with E-state index in [1.807, 2.05) is 36.4 Å². The molecular weight excluding hydrogens is 184 g/mol. The monoisotopic (exact) mass is 202 g/mol. The quantitative estimate of drug-likeness (QED) is 0.590. The second-order valence-electron chi connectivity index (χ2n) is 3.56. The minimum Gasteiger partial charge on any atom is -0.384 e. The summed E-state index contributed by atoms with van der Waals surface area (Å²) in [7, 11) is 0. The number of rotatable bonds is 4. The van der Waals surface area contributed by atoms with Crippen molar-refractivity contribution in [2.75, 3.05) is 0 Å². The van der Waals surface area contributed by atoms with E-state index < -0.39 is 0 Å². The topological polar surface area (TPSA) is 38.4 Å². The van der Waals surface area contributed by atoms with Crippen LogP contribution in [0.15, 0.2) is 41.4 Å². The Morgan fingerprint density at radius 1 is 1.33 bits per heavy atom. The number of aliphatic imine (C=N–C) groups is 1. The number of unbranched alkanes of at least 4 members (excludes halogenated alkanes) is 1. The lowest BCUT2D eigenvalue weighted by Gasteiger charge is -1.96. The van der Waals surface area contributed by atoms with E-state index in [1.54, 1.807) is 0 Å². The number of aryl methyl sites for hydroxylation is 1. The van der Waals surface area contributed by atoms with Crippen LogP contribution in [-0.2, 0) is 0 Å². The maximum absolute atomic E-state index is 5.75. The minimum absolute atomic E-state index is 0.562. The van der Waals surface area contributed by atoms with Gasteiger partial charge in [-0.3, -0.25) is 0 Å². The summed E-state index contributed by atoms with van der Waals surface area (Å²) in [6.07, 6.45) is 6.09. The van der Waals surface area contributed by atoms with E-state index in [0.717, 1.165) is 18.5 Å². The van der Waals surface area contributed by atoms with Crippen LogP contribution in [0.2, 0.25) is 0 Å². The normalized spacial score (nSPS) is 12.3. The third-order valence-corrected chi connectivity index (χ3v) is 2.04. The van der Waals surface area contributed by atoms with Gasteiger partial charge in [-0.1, -0.05) is 37.1 Å². The molecule has 2 N–H and O–H groups in total. The molecule has 0 unspecified atom stereocenters. The number of benzene rings is 1. The molecule has 0 amide bonds. The molecule has 0 spiro atoms. The van der Waals surface area contributed by atoms with Gasteiger partial charge in [-0.2, -0.15) is 0 Å². The molecule has 2 nitrogen and oxygen atoms in total. The van der Waals surface area contributed by atoms with Gasteiger partial charge in [0.05, 0.1) is 5.69 Å². The molecule has 0 fully saturated rings. The molecule has 0 aliphatic heterocycles. The van der Waals surface area contributed by atoms with E-state index in [9.17, 15) is 0 Å². The highest BCUT2D eigenvalue weighted by molar-refractivity contribution is 5.93. The van der Waals surface area contributed by atoms with Gasteiger partial charge in [-0.25, -0.2) is 4.99 Å². The number of allylic oxidation sites excluding steroid dienone is 1. The molecule has 0 radical (unpaired) electrons. The van der Waals surface area contributed by atoms with Crippen LogP contribution >= 0.6 is 0 Å². The number of hydrogen-bond acceptors (Lipinski definition) is 1. The zero-order chi connectivity index (χ0) is 11.1. The summed E-state index contributed by atoms with van der Waals surface area (Å²) in [6.45, 7) is 4.19. The summed E-state index contributed by atoms with van der Waals surface area (Å²) < 4.78 is 0. The van der Waals surface area contributed by atoms with Gasteiger partial charge in [0, 0.05) is 0 Å². The predicted molar refractivity (Wildman–Crippen MR) is 66.5 cm³/mol. The lowest BCUT2D eigenvalue weighted by Crippen LogP contribution is -2.06. The fourth-order valence-electron chi connectivity index (χ4n) is 1.18. The highest BCUT2D eigenvalue weighted by Crippen LogP contribution is 2.12. The zero-order valence-electron chi connectivity index (χ0n) is 9.40.